The van der Waals surface area contributed by atoms with E-state index in [2.05, 4.69) is 61.0 Å². The molecule has 23 heavy (non-hydrogen) atoms. The molecular formula is C20H35N3. The van der Waals surface area contributed by atoms with Crippen LogP contribution in [0.3, 0.4) is 0 Å². The van der Waals surface area contributed by atoms with Crippen LogP contribution >= 0.6 is 0 Å². The van der Waals surface area contributed by atoms with Gasteiger partial charge in [0.1, 0.15) is 0 Å². The summed E-state index contributed by atoms with van der Waals surface area (Å²) in [6.45, 7) is 17.2. The number of benzene rings is 1. The molecule has 1 heterocycles. The lowest BCUT2D eigenvalue weighted by Gasteiger charge is -2.37. The minimum absolute atomic E-state index is 0.519. The average Bonchev–Trinajstić information content (AvgIpc) is 2.55. The van der Waals surface area contributed by atoms with Gasteiger partial charge in [-0.25, -0.2) is 0 Å². The van der Waals surface area contributed by atoms with Crippen LogP contribution in [0.15, 0.2) is 18.2 Å². The third kappa shape index (κ3) is 5.30. The molecule has 0 saturated carbocycles. The number of nitrogens with one attached hydrogen (secondary N) is 1. The van der Waals surface area contributed by atoms with Gasteiger partial charge in [-0.3, -0.25) is 9.80 Å². The Hall–Kier alpha value is -0.900. The highest BCUT2D eigenvalue weighted by molar-refractivity contribution is 5.33. The summed E-state index contributed by atoms with van der Waals surface area (Å²) in [5.74, 6) is 0. The molecule has 1 aromatic rings. The van der Waals surface area contributed by atoms with E-state index in [1.54, 1.807) is 0 Å². The van der Waals surface area contributed by atoms with E-state index in [9.17, 15) is 0 Å². The molecule has 3 heteroatoms. The van der Waals surface area contributed by atoms with Crippen LogP contribution in [0.2, 0.25) is 0 Å². The van der Waals surface area contributed by atoms with Gasteiger partial charge in [0.05, 0.1) is 0 Å². The Kier molecular flexibility index (Phi) is 7.54. The zero-order valence-electron chi connectivity index (χ0n) is 15.6. The number of likely N-dealkylation sites (N-methyl/N-ethyl adjacent to an activating group) is 1. The van der Waals surface area contributed by atoms with E-state index in [0.717, 1.165) is 26.2 Å². The monoisotopic (exact) mass is 317 g/mol. The van der Waals surface area contributed by atoms with Gasteiger partial charge in [0.15, 0.2) is 0 Å². The summed E-state index contributed by atoms with van der Waals surface area (Å²) in [5.41, 5.74) is 4.33. The van der Waals surface area contributed by atoms with Gasteiger partial charge in [-0.1, -0.05) is 44.0 Å². The van der Waals surface area contributed by atoms with Gasteiger partial charge in [0.25, 0.3) is 0 Å². The van der Waals surface area contributed by atoms with Crippen molar-refractivity contribution in [2.45, 2.75) is 46.6 Å². The topological polar surface area (TPSA) is 18.5 Å². The fourth-order valence-corrected chi connectivity index (χ4v) is 3.64. The van der Waals surface area contributed by atoms with E-state index in [0.29, 0.717) is 6.04 Å². The standard InChI is InChI=1S/C20H35N3/c1-5-7-12-23(6-2)20(16-22-13-10-21-11-14-22)19-9-8-17(3)15-18(19)4/h8-9,15,20-21H,5-7,10-14,16H2,1-4H3. The van der Waals surface area contributed by atoms with Crippen molar-refractivity contribution >= 4 is 0 Å². The van der Waals surface area contributed by atoms with Crippen LogP contribution in [-0.4, -0.2) is 55.6 Å². The molecule has 0 aromatic heterocycles. The summed E-state index contributed by atoms with van der Waals surface area (Å²) in [4.78, 5) is 5.32. The molecule has 1 aromatic carbocycles. The fraction of sp³-hybridized carbons (Fsp3) is 0.700. The first kappa shape index (κ1) is 18.4. The summed E-state index contributed by atoms with van der Waals surface area (Å²) in [7, 11) is 0. The molecule has 0 amide bonds. The van der Waals surface area contributed by atoms with E-state index in [-0.39, 0.29) is 0 Å². The van der Waals surface area contributed by atoms with Crippen molar-refractivity contribution in [2.75, 3.05) is 45.8 Å². The summed E-state index contributed by atoms with van der Waals surface area (Å²) < 4.78 is 0. The Morgan fingerprint density at radius 3 is 2.52 bits per heavy atom. The van der Waals surface area contributed by atoms with Crippen molar-refractivity contribution in [3.63, 3.8) is 0 Å². The molecular weight excluding hydrogens is 282 g/mol. The zero-order valence-corrected chi connectivity index (χ0v) is 15.6. The van der Waals surface area contributed by atoms with Gasteiger partial charge in [0, 0.05) is 38.8 Å². The van der Waals surface area contributed by atoms with E-state index >= 15 is 0 Å². The van der Waals surface area contributed by atoms with Gasteiger partial charge in [-0.2, -0.15) is 0 Å². The van der Waals surface area contributed by atoms with Gasteiger partial charge < -0.3 is 5.32 Å². The maximum atomic E-state index is 3.47. The van der Waals surface area contributed by atoms with Gasteiger partial charge in [-0.15, -0.1) is 0 Å². The molecule has 1 unspecified atom stereocenters. The maximum Gasteiger partial charge on any atom is 0.0477 e. The molecule has 0 aliphatic carbocycles. The first-order valence-corrected chi connectivity index (χ1v) is 9.40. The minimum Gasteiger partial charge on any atom is -0.314 e. The molecule has 1 fully saturated rings. The lowest BCUT2D eigenvalue weighted by atomic mass is 9.97. The lowest BCUT2D eigenvalue weighted by Crippen LogP contribution is -2.47. The zero-order chi connectivity index (χ0) is 16.7. The summed E-state index contributed by atoms with van der Waals surface area (Å²) in [5, 5.41) is 3.47. The van der Waals surface area contributed by atoms with Gasteiger partial charge >= 0.3 is 0 Å². The second-order valence-electron chi connectivity index (χ2n) is 6.91. The minimum atomic E-state index is 0.519. The first-order chi connectivity index (χ1) is 11.2. The molecule has 1 aliphatic rings. The summed E-state index contributed by atoms with van der Waals surface area (Å²) >= 11 is 0. The Morgan fingerprint density at radius 2 is 1.91 bits per heavy atom. The molecule has 0 bridgehead atoms. The molecule has 2 rings (SSSR count). The molecule has 1 saturated heterocycles. The van der Waals surface area contributed by atoms with E-state index in [1.165, 1.54) is 49.2 Å². The van der Waals surface area contributed by atoms with E-state index in [1.807, 2.05) is 0 Å². The number of nitrogens with zero attached hydrogens (tertiary/aromatic N) is 2. The number of hydrogen-bond acceptors (Lipinski definition) is 3. The van der Waals surface area contributed by atoms with Crippen molar-refractivity contribution < 1.29 is 0 Å². The van der Waals surface area contributed by atoms with Crippen LogP contribution in [-0.2, 0) is 0 Å². The maximum absolute atomic E-state index is 3.47. The molecule has 1 N–H and O–H groups in total. The van der Waals surface area contributed by atoms with Gasteiger partial charge in [0.2, 0.25) is 0 Å². The number of hydrogen-bond donors (Lipinski definition) is 1. The Balaban J connectivity index is 2.21. The number of rotatable bonds is 8. The third-order valence-corrected chi connectivity index (χ3v) is 5.07. The Morgan fingerprint density at radius 1 is 1.17 bits per heavy atom. The molecule has 0 radical (unpaired) electrons. The predicted molar refractivity (Wildman–Crippen MR) is 100 cm³/mol. The third-order valence-electron chi connectivity index (χ3n) is 5.07. The highest BCUT2D eigenvalue weighted by Gasteiger charge is 2.24. The average molecular weight is 318 g/mol. The Labute approximate surface area is 143 Å². The number of unbranched alkanes of at least 4 members (excludes halogenated alkanes) is 1. The SMILES string of the molecule is CCCCN(CC)C(CN1CCNCC1)c1ccc(C)cc1C. The van der Waals surface area contributed by atoms with Crippen LogP contribution < -0.4 is 5.32 Å². The second kappa shape index (κ2) is 9.41. The van der Waals surface area contributed by atoms with Crippen LogP contribution in [0.5, 0.6) is 0 Å². The van der Waals surface area contributed by atoms with E-state index in [4.69, 9.17) is 0 Å². The first-order valence-electron chi connectivity index (χ1n) is 9.40. The highest BCUT2D eigenvalue weighted by Crippen LogP contribution is 2.26. The largest absolute Gasteiger partial charge is 0.314 e. The smallest absolute Gasteiger partial charge is 0.0477 e. The van der Waals surface area contributed by atoms with Crippen molar-refractivity contribution in [1.29, 1.82) is 0 Å². The fourth-order valence-electron chi connectivity index (χ4n) is 3.64. The predicted octanol–water partition coefficient (Wildman–Crippen LogP) is 3.37. The van der Waals surface area contributed by atoms with E-state index < -0.39 is 0 Å². The van der Waals surface area contributed by atoms with Crippen molar-refractivity contribution in [1.82, 2.24) is 15.1 Å². The van der Waals surface area contributed by atoms with Crippen LogP contribution in [0.1, 0.15) is 49.4 Å². The number of aryl methyl sites for hydroxylation is 2. The van der Waals surface area contributed by atoms with Crippen LogP contribution in [0.25, 0.3) is 0 Å². The van der Waals surface area contributed by atoms with Crippen molar-refractivity contribution in [3.8, 4) is 0 Å². The Bertz CT molecular complexity index is 466. The molecule has 130 valence electrons. The van der Waals surface area contributed by atoms with Crippen LogP contribution in [0.4, 0.5) is 0 Å². The van der Waals surface area contributed by atoms with Crippen molar-refractivity contribution in [3.05, 3.63) is 34.9 Å². The molecule has 0 spiro atoms. The summed E-state index contributed by atoms with van der Waals surface area (Å²) in [6, 6.07) is 7.51. The van der Waals surface area contributed by atoms with Crippen molar-refractivity contribution in [2.24, 2.45) is 0 Å². The molecule has 1 atom stereocenters. The molecule has 3 nitrogen and oxygen atoms in total. The number of piperazine rings is 1. The quantitative estimate of drug-likeness (QED) is 0.793. The normalized spacial score (nSPS) is 17.6. The second-order valence-corrected chi connectivity index (χ2v) is 6.91. The highest BCUT2D eigenvalue weighted by atomic mass is 15.2. The van der Waals surface area contributed by atoms with Crippen LogP contribution in [0, 0.1) is 13.8 Å². The molecule has 1 aliphatic heterocycles. The summed E-state index contributed by atoms with van der Waals surface area (Å²) in [6.07, 6.45) is 2.56. The lowest BCUT2D eigenvalue weighted by molar-refractivity contribution is 0.132. The van der Waals surface area contributed by atoms with Gasteiger partial charge in [-0.05, 0) is 44.5 Å².